The van der Waals surface area contributed by atoms with Crippen LogP contribution >= 0.6 is 12.4 Å². The predicted molar refractivity (Wildman–Crippen MR) is 111 cm³/mol. The Labute approximate surface area is 174 Å². The maximum Gasteiger partial charge on any atom is 0.277 e. The van der Waals surface area contributed by atoms with Gasteiger partial charge in [0.05, 0.1) is 31.7 Å². The molecule has 1 aliphatic heterocycles. The van der Waals surface area contributed by atoms with Gasteiger partial charge < -0.3 is 20.1 Å². The molecule has 3 aromatic rings. The Hall–Kier alpha value is -2.94. The van der Waals surface area contributed by atoms with Gasteiger partial charge in [0.15, 0.2) is 5.69 Å². The maximum absolute atomic E-state index is 12.5. The quantitative estimate of drug-likeness (QED) is 0.665. The molecule has 0 saturated carbocycles. The van der Waals surface area contributed by atoms with Gasteiger partial charge >= 0.3 is 0 Å². The van der Waals surface area contributed by atoms with Crippen LogP contribution in [-0.4, -0.2) is 47.7 Å². The summed E-state index contributed by atoms with van der Waals surface area (Å²) in [5.41, 5.74) is 2.76. The summed E-state index contributed by atoms with van der Waals surface area (Å²) in [7, 11) is 1.60. The Morgan fingerprint density at radius 3 is 2.83 bits per heavy atom. The summed E-state index contributed by atoms with van der Waals surface area (Å²) in [6.07, 6.45) is 1.63. The van der Waals surface area contributed by atoms with Crippen molar-refractivity contribution in [2.45, 2.75) is 6.10 Å². The molecule has 152 valence electrons. The van der Waals surface area contributed by atoms with Gasteiger partial charge in [-0.05, 0) is 29.8 Å². The molecule has 0 spiro atoms. The van der Waals surface area contributed by atoms with Gasteiger partial charge in [0.25, 0.3) is 5.91 Å². The molecular weight excluding hydrogens is 394 g/mol. The molecule has 9 heteroatoms. The lowest BCUT2D eigenvalue weighted by molar-refractivity contribution is 0.0277. The van der Waals surface area contributed by atoms with Crippen LogP contribution in [0.1, 0.15) is 22.2 Å². The fourth-order valence-corrected chi connectivity index (χ4v) is 3.00. The third kappa shape index (κ3) is 4.92. The molecule has 8 nitrogen and oxygen atoms in total. The Balaban J connectivity index is 0.00000240. The summed E-state index contributed by atoms with van der Waals surface area (Å²) in [5.74, 6) is 0.383. The zero-order valence-electron chi connectivity index (χ0n) is 15.9. The summed E-state index contributed by atoms with van der Waals surface area (Å²) in [4.78, 5) is 12.5. The van der Waals surface area contributed by atoms with E-state index in [0.717, 1.165) is 24.3 Å². The lowest BCUT2D eigenvalue weighted by atomic mass is 10.1. The Bertz CT molecular complexity index is 955. The van der Waals surface area contributed by atoms with Crippen LogP contribution < -0.4 is 15.4 Å². The number of nitrogens with zero attached hydrogens (tertiary/aromatic N) is 3. The highest BCUT2D eigenvalue weighted by Crippen LogP contribution is 2.21. The first-order chi connectivity index (χ1) is 13.7. The number of benzene rings is 2. The lowest BCUT2D eigenvalue weighted by Gasteiger charge is -2.24. The van der Waals surface area contributed by atoms with Crippen molar-refractivity contribution in [3.8, 4) is 11.4 Å². The number of rotatable bonds is 5. The summed E-state index contributed by atoms with van der Waals surface area (Å²) in [6, 6.07) is 15.0. The molecule has 1 aliphatic rings. The molecule has 1 saturated heterocycles. The molecular formula is C20H22ClN5O3. The average molecular weight is 416 g/mol. The zero-order valence-corrected chi connectivity index (χ0v) is 16.7. The van der Waals surface area contributed by atoms with Crippen LogP contribution in [0.4, 0.5) is 5.69 Å². The van der Waals surface area contributed by atoms with Crippen molar-refractivity contribution in [2.75, 3.05) is 32.1 Å². The first-order valence-corrected chi connectivity index (χ1v) is 9.03. The number of aromatic nitrogens is 3. The highest BCUT2D eigenvalue weighted by Gasteiger charge is 2.16. The van der Waals surface area contributed by atoms with E-state index in [0.29, 0.717) is 18.0 Å². The van der Waals surface area contributed by atoms with Gasteiger partial charge in [-0.1, -0.05) is 23.4 Å². The third-order valence-electron chi connectivity index (χ3n) is 4.51. The van der Waals surface area contributed by atoms with Crippen LogP contribution in [-0.2, 0) is 4.74 Å². The van der Waals surface area contributed by atoms with Crippen LogP contribution in [0.5, 0.6) is 5.75 Å². The Kier molecular flexibility index (Phi) is 6.82. The normalized spacial score (nSPS) is 16.0. The summed E-state index contributed by atoms with van der Waals surface area (Å²) >= 11 is 0. The number of nitrogens with one attached hydrogen (secondary N) is 2. The third-order valence-corrected chi connectivity index (χ3v) is 4.51. The highest BCUT2D eigenvalue weighted by atomic mass is 35.5. The molecule has 1 fully saturated rings. The van der Waals surface area contributed by atoms with E-state index < -0.39 is 0 Å². The molecule has 2 aromatic carbocycles. The molecule has 0 unspecified atom stereocenters. The zero-order chi connectivity index (χ0) is 19.3. The van der Waals surface area contributed by atoms with Gasteiger partial charge in [-0.3, -0.25) is 4.79 Å². The van der Waals surface area contributed by atoms with Gasteiger partial charge in [0.1, 0.15) is 5.75 Å². The summed E-state index contributed by atoms with van der Waals surface area (Å²) in [6.45, 7) is 2.37. The Morgan fingerprint density at radius 1 is 1.28 bits per heavy atom. The monoisotopic (exact) mass is 415 g/mol. The van der Waals surface area contributed by atoms with E-state index in [2.05, 4.69) is 20.9 Å². The van der Waals surface area contributed by atoms with Gasteiger partial charge in [-0.25, -0.2) is 4.68 Å². The second kappa shape index (κ2) is 9.51. The van der Waals surface area contributed by atoms with Crippen LogP contribution in [0.15, 0.2) is 54.7 Å². The van der Waals surface area contributed by atoms with Gasteiger partial charge in [0, 0.05) is 24.8 Å². The number of amides is 1. The number of carbonyl (C=O) groups excluding carboxylic acids is 1. The second-order valence-electron chi connectivity index (χ2n) is 6.39. The topological polar surface area (TPSA) is 90.3 Å². The predicted octanol–water partition coefficient (Wildman–Crippen LogP) is 2.61. The van der Waals surface area contributed by atoms with E-state index in [1.807, 2.05) is 48.5 Å². The molecule has 29 heavy (non-hydrogen) atoms. The van der Waals surface area contributed by atoms with Crippen molar-refractivity contribution in [1.82, 2.24) is 20.3 Å². The van der Waals surface area contributed by atoms with E-state index in [1.54, 1.807) is 13.3 Å². The molecule has 4 rings (SSSR count). The van der Waals surface area contributed by atoms with Gasteiger partial charge in [0.2, 0.25) is 0 Å². The molecule has 1 atom stereocenters. The molecule has 2 N–H and O–H groups in total. The summed E-state index contributed by atoms with van der Waals surface area (Å²) in [5, 5.41) is 14.1. The van der Waals surface area contributed by atoms with Crippen molar-refractivity contribution >= 4 is 24.0 Å². The standard InChI is InChI=1S/C20H21N5O3.ClH/c1-27-17-4-2-3-16(11-17)25-13-18(23-24-25)20(26)22-15-7-5-14(6-8-15)19-12-21-9-10-28-19;/h2-8,11,13,19,21H,9-10,12H2,1H3,(H,22,26);1H/t19-;/m1./s1. The average Bonchev–Trinajstić information content (AvgIpc) is 3.25. The number of hydrogen-bond acceptors (Lipinski definition) is 6. The SMILES string of the molecule is COc1cccc(-n2cc(C(=O)Nc3ccc([C@H]4CNCCO4)cc3)nn2)c1.Cl. The summed E-state index contributed by atoms with van der Waals surface area (Å²) < 4.78 is 12.5. The first-order valence-electron chi connectivity index (χ1n) is 9.03. The number of anilines is 1. The van der Waals surface area contributed by atoms with Crippen molar-refractivity contribution in [3.63, 3.8) is 0 Å². The smallest absolute Gasteiger partial charge is 0.277 e. The van der Waals surface area contributed by atoms with Crippen LogP contribution in [0.2, 0.25) is 0 Å². The van der Waals surface area contributed by atoms with Gasteiger partial charge in [-0.15, -0.1) is 17.5 Å². The van der Waals surface area contributed by atoms with Crippen LogP contribution in [0, 0.1) is 0 Å². The number of ether oxygens (including phenoxy) is 2. The Morgan fingerprint density at radius 2 is 2.10 bits per heavy atom. The second-order valence-corrected chi connectivity index (χ2v) is 6.39. The van der Waals surface area contributed by atoms with Crippen molar-refractivity contribution in [1.29, 1.82) is 0 Å². The minimum absolute atomic E-state index is 0. The first kappa shape index (κ1) is 20.8. The number of hydrogen-bond donors (Lipinski definition) is 2. The lowest BCUT2D eigenvalue weighted by Crippen LogP contribution is -2.33. The fraction of sp³-hybridized carbons (Fsp3) is 0.250. The molecule has 0 aliphatic carbocycles. The minimum atomic E-state index is -0.322. The molecule has 1 amide bonds. The van der Waals surface area contributed by atoms with E-state index >= 15 is 0 Å². The number of carbonyl (C=O) groups is 1. The van der Waals surface area contributed by atoms with Crippen molar-refractivity contribution in [2.24, 2.45) is 0 Å². The number of morpholine rings is 1. The molecule has 1 aromatic heterocycles. The van der Waals surface area contributed by atoms with Crippen LogP contribution in [0.3, 0.4) is 0 Å². The van der Waals surface area contributed by atoms with E-state index in [1.165, 1.54) is 4.68 Å². The van der Waals surface area contributed by atoms with Gasteiger partial charge in [-0.2, -0.15) is 0 Å². The largest absolute Gasteiger partial charge is 0.497 e. The molecule has 2 heterocycles. The van der Waals surface area contributed by atoms with E-state index in [4.69, 9.17) is 9.47 Å². The highest BCUT2D eigenvalue weighted by molar-refractivity contribution is 6.02. The van der Waals surface area contributed by atoms with Crippen LogP contribution in [0.25, 0.3) is 5.69 Å². The fourth-order valence-electron chi connectivity index (χ4n) is 3.00. The van der Waals surface area contributed by atoms with E-state index in [9.17, 15) is 4.79 Å². The number of methoxy groups -OCH3 is 1. The molecule has 0 radical (unpaired) electrons. The number of halogens is 1. The van der Waals surface area contributed by atoms with E-state index in [-0.39, 0.29) is 30.1 Å². The van der Waals surface area contributed by atoms with Crippen molar-refractivity contribution < 1.29 is 14.3 Å². The minimum Gasteiger partial charge on any atom is -0.497 e. The molecule has 0 bridgehead atoms. The van der Waals surface area contributed by atoms with Crippen molar-refractivity contribution in [3.05, 3.63) is 66.0 Å². The maximum atomic E-state index is 12.5.